The molecule has 0 heterocycles. The van der Waals surface area contributed by atoms with Crippen LogP contribution in [0.15, 0.2) is 36.0 Å². The third-order valence-corrected chi connectivity index (χ3v) is 8.12. The quantitative estimate of drug-likeness (QED) is 0.692. The molecule has 27 heavy (non-hydrogen) atoms. The lowest BCUT2D eigenvalue weighted by Crippen LogP contribution is -2.57. The van der Waals surface area contributed by atoms with Gasteiger partial charge in [-0.15, -0.1) is 0 Å². The molecule has 0 radical (unpaired) electrons. The van der Waals surface area contributed by atoms with Gasteiger partial charge in [0.05, 0.1) is 0 Å². The third kappa shape index (κ3) is 2.31. The first-order valence-corrected chi connectivity index (χ1v) is 9.98. The first-order valence-electron chi connectivity index (χ1n) is 9.98. The molecular formula is C23H28O4. The molecule has 4 rings (SSSR count). The smallest absolute Gasteiger partial charge is 0.303 e. The fraction of sp³-hybridized carbons (Fsp3) is 0.609. The molecule has 4 aliphatic rings. The Balaban J connectivity index is 1.76. The van der Waals surface area contributed by atoms with E-state index >= 15 is 0 Å². The minimum absolute atomic E-state index is 0.0316. The Kier molecular flexibility index (Phi) is 3.93. The van der Waals surface area contributed by atoms with Gasteiger partial charge in [0.2, 0.25) is 0 Å². The van der Waals surface area contributed by atoms with Gasteiger partial charge in [-0.05, 0) is 68.1 Å². The lowest BCUT2D eigenvalue weighted by atomic mass is 9.49. The highest BCUT2D eigenvalue weighted by molar-refractivity contribution is 6.01. The van der Waals surface area contributed by atoms with E-state index in [2.05, 4.69) is 32.1 Å². The number of allylic oxidation sites excluding steroid dienone is 6. The van der Waals surface area contributed by atoms with E-state index in [1.807, 2.05) is 0 Å². The Labute approximate surface area is 160 Å². The highest BCUT2D eigenvalue weighted by Gasteiger charge is 2.67. The fourth-order valence-corrected chi connectivity index (χ4v) is 6.71. The number of carbonyl (C=O) groups excluding carboxylic acids is 3. The third-order valence-electron chi connectivity index (χ3n) is 8.12. The molecule has 0 amide bonds. The molecule has 0 aliphatic heterocycles. The Hall–Kier alpha value is -1.97. The van der Waals surface area contributed by atoms with E-state index in [9.17, 15) is 14.4 Å². The van der Waals surface area contributed by atoms with Gasteiger partial charge in [0, 0.05) is 17.8 Å². The highest BCUT2D eigenvalue weighted by atomic mass is 16.6. The van der Waals surface area contributed by atoms with E-state index in [4.69, 9.17) is 4.74 Å². The maximum Gasteiger partial charge on any atom is 0.303 e. The predicted octanol–water partition coefficient (Wildman–Crippen LogP) is 3.96. The molecule has 0 aromatic heterocycles. The molecule has 2 saturated carbocycles. The number of carbonyl (C=O) groups is 3. The first kappa shape index (κ1) is 18.4. The van der Waals surface area contributed by atoms with Crippen molar-refractivity contribution < 1.29 is 19.1 Å². The summed E-state index contributed by atoms with van der Waals surface area (Å²) >= 11 is 0. The van der Waals surface area contributed by atoms with E-state index < -0.39 is 5.60 Å². The van der Waals surface area contributed by atoms with Gasteiger partial charge in [0.1, 0.15) is 0 Å². The molecule has 0 saturated heterocycles. The normalized spacial score (nSPS) is 44.8. The molecule has 144 valence electrons. The second-order valence-corrected chi connectivity index (χ2v) is 9.24. The van der Waals surface area contributed by atoms with E-state index in [0.29, 0.717) is 24.2 Å². The largest absolute Gasteiger partial charge is 0.451 e. The molecule has 0 N–H and O–H groups in total. The topological polar surface area (TPSA) is 60.4 Å². The summed E-state index contributed by atoms with van der Waals surface area (Å²) in [4.78, 5) is 36.4. The van der Waals surface area contributed by atoms with Crippen LogP contribution in [0.4, 0.5) is 0 Å². The van der Waals surface area contributed by atoms with Gasteiger partial charge >= 0.3 is 5.97 Å². The van der Waals surface area contributed by atoms with Crippen molar-refractivity contribution in [3.05, 3.63) is 36.0 Å². The molecule has 6 atom stereocenters. The van der Waals surface area contributed by atoms with Gasteiger partial charge in [-0.3, -0.25) is 14.4 Å². The van der Waals surface area contributed by atoms with Crippen molar-refractivity contribution in [1.29, 1.82) is 0 Å². The van der Waals surface area contributed by atoms with Crippen molar-refractivity contribution in [2.24, 2.45) is 28.6 Å². The Morgan fingerprint density at radius 3 is 2.44 bits per heavy atom. The molecule has 4 nitrogen and oxygen atoms in total. The SMILES string of the molecule is CC(=O)O[C@]1(C(C)=O)CC[C@H]2[C@@H]3C=CC4=CC(=O)C=C[C@]4(C)[C@H]3CC[C@@]21C. The summed E-state index contributed by atoms with van der Waals surface area (Å²) in [6.45, 7) is 7.34. The molecule has 0 bridgehead atoms. The number of esters is 1. The van der Waals surface area contributed by atoms with Gasteiger partial charge in [0.25, 0.3) is 0 Å². The van der Waals surface area contributed by atoms with Crippen LogP contribution >= 0.6 is 0 Å². The summed E-state index contributed by atoms with van der Waals surface area (Å²) in [5.41, 5.74) is -0.396. The minimum Gasteiger partial charge on any atom is -0.451 e. The average molecular weight is 368 g/mol. The molecule has 4 heteroatoms. The Morgan fingerprint density at radius 2 is 1.78 bits per heavy atom. The lowest BCUT2D eigenvalue weighted by Gasteiger charge is -2.56. The second kappa shape index (κ2) is 5.76. The molecule has 0 spiro atoms. The number of ketones is 2. The van der Waals surface area contributed by atoms with E-state index in [-0.39, 0.29) is 28.4 Å². The van der Waals surface area contributed by atoms with Crippen molar-refractivity contribution in [2.45, 2.75) is 59.0 Å². The van der Waals surface area contributed by atoms with Crippen molar-refractivity contribution in [3.8, 4) is 0 Å². The van der Waals surface area contributed by atoms with E-state index in [1.165, 1.54) is 6.92 Å². The van der Waals surface area contributed by atoms with Crippen LogP contribution in [0.2, 0.25) is 0 Å². The summed E-state index contributed by atoms with van der Waals surface area (Å²) in [6.07, 6.45) is 13.2. The van der Waals surface area contributed by atoms with E-state index in [1.54, 1.807) is 19.1 Å². The Morgan fingerprint density at radius 1 is 1.07 bits per heavy atom. The number of hydrogen-bond donors (Lipinski definition) is 0. The van der Waals surface area contributed by atoms with Crippen LogP contribution in [0.5, 0.6) is 0 Å². The lowest BCUT2D eigenvalue weighted by molar-refractivity contribution is -0.184. The van der Waals surface area contributed by atoms with Crippen LogP contribution in [0.1, 0.15) is 53.4 Å². The number of rotatable bonds is 2. The maximum atomic E-state index is 12.7. The molecule has 0 unspecified atom stereocenters. The standard InChI is InChI=1S/C23H28O4/c1-14(24)23(27-15(2)25)12-9-20-18-6-5-16-13-17(26)7-10-21(16,3)19(18)8-11-22(20,23)4/h5-7,10,13,18-20H,8-9,11-12H2,1-4H3/t18-,19+,20+,21+,22+,23+/m1/s1. The van der Waals surface area contributed by atoms with Crippen molar-refractivity contribution in [3.63, 3.8) is 0 Å². The van der Waals surface area contributed by atoms with Gasteiger partial charge in [-0.1, -0.05) is 32.1 Å². The zero-order chi connectivity index (χ0) is 19.6. The first-order chi connectivity index (χ1) is 12.6. The summed E-state index contributed by atoms with van der Waals surface area (Å²) in [6, 6.07) is 0. The summed E-state index contributed by atoms with van der Waals surface area (Å²) in [5, 5.41) is 0. The summed E-state index contributed by atoms with van der Waals surface area (Å²) < 4.78 is 5.78. The minimum atomic E-state index is -1.00. The number of hydrogen-bond acceptors (Lipinski definition) is 4. The molecule has 0 aromatic carbocycles. The van der Waals surface area contributed by atoms with Crippen LogP contribution in [0.25, 0.3) is 0 Å². The van der Waals surface area contributed by atoms with Gasteiger partial charge in [-0.25, -0.2) is 0 Å². The van der Waals surface area contributed by atoms with E-state index in [0.717, 1.165) is 24.8 Å². The zero-order valence-corrected chi connectivity index (χ0v) is 16.6. The van der Waals surface area contributed by atoms with Crippen LogP contribution in [0, 0.1) is 28.6 Å². The molecule has 4 aliphatic carbocycles. The number of Topliss-reactive ketones (excluding diaryl/α,β-unsaturated/α-hetero) is 1. The van der Waals surface area contributed by atoms with Crippen LogP contribution < -0.4 is 0 Å². The van der Waals surface area contributed by atoms with Crippen molar-refractivity contribution in [1.82, 2.24) is 0 Å². The monoisotopic (exact) mass is 368 g/mol. The van der Waals surface area contributed by atoms with Crippen LogP contribution in [0.3, 0.4) is 0 Å². The highest BCUT2D eigenvalue weighted by Crippen LogP contribution is 2.66. The number of fused-ring (bicyclic) bond motifs is 5. The van der Waals surface area contributed by atoms with Gasteiger partial charge in [-0.2, -0.15) is 0 Å². The second-order valence-electron chi connectivity index (χ2n) is 9.24. The molecular weight excluding hydrogens is 340 g/mol. The fourth-order valence-electron chi connectivity index (χ4n) is 6.71. The van der Waals surface area contributed by atoms with Crippen LogP contribution in [-0.4, -0.2) is 23.1 Å². The predicted molar refractivity (Wildman–Crippen MR) is 102 cm³/mol. The zero-order valence-electron chi connectivity index (χ0n) is 16.6. The van der Waals surface area contributed by atoms with Crippen LogP contribution in [-0.2, 0) is 19.1 Å². The maximum absolute atomic E-state index is 12.7. The molecule has 0 aromatic rings. The van der Waals surface area contributed by atoms with Gasteiger partial charge < -0.3 is 4.74 Å². The Bertz CT molecular complexity index is 818. The summed E-state index contributed by atoms with van der Waals surface area (Å²) in [7, 11) is 0. The summed E-state index contributed by atoms with van der Waals surface area (Å²) in [5.74, 6) is 0.657. The average Bonchev–Trinajstić information content (AvgIpc) is 2.89. The van der Waals surface area contributed by atoms with Crippen molar-refractivity contribution >= 4 is 17.5 Å². The van der Waals surface area contributed by atoms with Crippen molar-refractivity contribution in [2.75, 3.05) is 0 Å². The molecule has 2 fully saturated rings. The van der Waals surface area contributed by atoms with Gasteiger partial charge in [0.15, 0.2) is 17.2 Å². The number of ether oxygens (including phenoxy) is 1.